The Morgan fingerprint density at radius 2 is 1.91 bits per heavy atom. The minimum Gasteiger partial charge on any atom is -0.486 e. The maximum Gasteiger partial charge on any atom is 0.220 e. The van der Waals surface area contributed by atoms with Crippen LogP contribution in [0.1, 0.15) is 49.9 Å². The van der Waals surface area contributed by atoms with Gasteiger partial charge in [-0.15, -0.1) is 0 Å². The first kappa shape index (κ1) is 16.3. The van der Waals surface area contributed by atoms with Gasteiger partial charge >= 0.3 is 0 Å². The van der Waals surface area contributed by atoms with E-state index in [1.54, 1.807) is 18.2 Å². The average Bonchev–Trinajstić information content (AvgIpc) is 2.54. The highest BCUT2D eigenvalue weighted by Gasteiger charge is 2.15. The molecule has 0 aromatic heterocycles. The molecule has 1 amide bonds. The van der Waals surface area contributed by atoms with Gasteiger partial charge in [0, 0.05) is 24.4 Å². The van der Waals surface area contributed by atoms with Crippen LogP contribution in [-0.4, -0.2) is 30.9 Å². The Bertz CT molecular complexity index is 541. The first-order valence-corrected chi connectivity index (χ1v) is 7.82. The van der Waals surface area contributed by atoms with Gasteiger partial charge in [0.1, 0.15) is 13.2 Å². The molecule has 0 fully saturated rings. The van der Waals surface area contributed by atoms with E-state index in [-0.39, 0.29) is 17.7 Å². The Kier molecular flexibility index (Phi) is 5.81. The first-order valence-electron chi connectivity index (χ1n) is 7.82. The fraction of sp³-hybridized carbons (Fsp3) is 0.529. The molecule has 1 heterocycles. The molecule has 22 heavy (non-hydrogen) atoms. The van der Waals surface area contributed by atoms with Gasteiger partial charge in [-0.3, -0.25) is 9.59 Å². The van der Waals surface area contributed by atoms with Crippen molar-refractivity contribution in [2.45, 2.75) is 45.6 Å². The molecule has 1 N–H and O–H groups in total. The zero-order valence-corrected chi connectivity index (χ0v) is 13.2. The first-order chi connectivity index (χ1) is 10.6. The highest BCUT2D eigenvalue weighted by molar-refractivity contribution is 5.96. The van der Waals surface area contributed by atoms with Crippen molar-refractivity contribution in [2.24, 2.45) is 0 Å². The summed E-state index contributed by atoms with van der Waals surface area (Å²) in [6, 6.07) is 5.41. The van der Waals surface area contributed by atoms with E-state index in [2.05, 4.69) is 5.32 Å². The van der Waals surface area contributed by atoms with Gasteiger partial charge in [-0.2, -0.15) is 0 Å². The zero-order chi connectivity index (χ0) is 15.9. The molecule has 1 atom stereocenters. The molecule has 0 aliphatic carbocycles. The van der Waals surface area contributed by atoms with Crippen LogP contribution in [0.2, 0.25) is 0 Å². The topological polar surface area (TPSA) is 64.6 Å². The van der Waals surface area contributed by atoms with Gasteiger partial charge in [-0.1, -0.05) is 6.92 Å². The molecule has 1 aromatic rings. The highest BCUT2D eigenvalue weighted by atomic mass is 16.6. The van der Waals surface area contributed by atoms with Crippen molar-refractivity contribution in [3.8, 4) is 11.5 Å². The summed E-state index contributed by atoms with van der Waals surface area (Å²) in [6.07, 6.45) is 2.19. The van der Waals surface area contributed by atoms with Crippen LogP contribution in [0.4, 0.5) is 0 Å². The third-order valence-corrected chi connectivity index (χ3v) is 3.69. The van der Waals surface area contributed by atoms with Crippen LogP contribution >= 0.6 is 0 Å². The lowest BCUT2D eigenvalue weighted by Gasteiger charge is -2.18. The summed E-state index contributed by atoms with van der Waals surface area (Å²) in [5.41, 5.74) is 0.603. The Labute approximate surface area is 131 Å². The van der Waals surface area contributed by atoms with Gasteiger partial charge in [0.2, 0.25) is 5.91 Å². The Balaban J connectivity index is 1.81. The second-order valence-corrected chi connectivity index (χ2v) is 5.51. The van der Waals surface area contributed by atoms with Crippen LogP contribution in [0.25, 0.3) is 0 Å². The number of Topliss-reactive ketones (excluding diaryl/α,β-unsaturated/α-hetero) is 1. The SMILES string of the molecule is CCC(C)NC(=O)CCCC(=O)c1ccc2c(c1)OCCO2. The lowest BCUT2D eigenvalue weighted by atomic mass is 10.0. The molecule has 0 bridgehead atoms. The number of ether oxygens (including phenoxy) is 2. The zero-order valence-electron chi connectivity index (χ0n) is 13.2. The monoisotopic (exact) mass is 305 g/mol. The van der Waals surface area contributed by atoms with Crippen molar-refractivity contribution < 1.29 is 19.1 Å². The van der Waals surface area contributed by atoms with Crippen molar-refractivity contribution in [2.75, 3.05) is 13.2 Å². The largest absolute Gasteiger partial charge is 0.486 e. The van der Waals surface area contributed by atoms with Gasteiger partial charge in [0.25, 0.3) is 0 Å². The summed E-state index contributed by atoms with van der Waals surface area (Å²) >= 11 is 0. The molecule has 0 radical (unpaired) electrons. The second kappa shape index (κ2) is 7.82. The van der Waals surface area contributed by atoms with Crippen LogP contribution in [0, 0.1) is 0 Å². The summed E-state index contributed by atoms with van der Waals surface area (Å²) in [6.45, 7) is 5.03. The van der Waals surface area contributed by atoms with Gasteiger partial charge in [-0.05, 0) is 38.0 Å². The molecular weight excluding hydrogens is 282 g/mol. The standard InChI is InChI=1S/C17H23NO4/c1-3-12(2)18-17(20)6-4-5-14(19)13-7-8-15-16(11-13)22-10-9-21-15/h7-8,11-12H,3-6,9-10H2,1-2H3,(H,18,20). The van der Waals surface area contributed by atoms with Crippen molar-refractivity contribution in [3.05, 3.63) is 23.8 Å². The van der Waals surface area contributed by atoms with E-state index in [4.69, 9.17) is 9.47 Å². The van der Waals surface area contributed by atoms with Crippen molar-refractivity contribution >= 4 is 11.7 Å². The molecule has 5 nitrogen and oxygen atoms in total. The molecule has 5 heteroatoms. The number of amides is 1. The average molecular weight is 305 g/mol. The fourth-order valence-corrected chi connectivity index (χ4v) is 2.22. The van der Waals surface area contributed by atoms with Gasteiger partial charge in [0.05, 0.1) is 0 Å². The van der Waals surface area contributed by atoms with E-state index in [1.165, 1.54) is 0 Å². The summed E-state index contributed by atoms with van der Waals surface area (Å²) in [5, 5.41) is 2.90. The van der Waals surface area contributed by atoms with E-state index in [0.717, 1.165) is 6.42 Å². The number of hydrogen-bond acceptors (Lipinski definition) is 4. The van der Waals surface area contributed by atoms with E-state index in [0.29, 0.717) is 49.5 Å². The lowest BCUT2D eigenvalue weighted by molar-refractivity contribution is -0.121. The quantitative estimate of drug-likeness (QED) is 0.787. The maximum absolute atomic E-state index is 12.2. The number of fused-ring (bicyclic) bond motifs is 1. The van der Waals surface area contributed by atoms with Crippen LogP contribution in [-0.2, 0) is 4.79 Å². The Morgan fingerprint density at radius 3 is 2.64 bits per heavy atom. The van der Waals surface area contributed by atoms with Crippen LogP contribution < -0.4 is 14.8 Å². The normalized spacial score (nSPS) is 14.3. The second-order valence-electron chi connectivity index (χ2n) is 5.51. The minimum atomic E-state index is 0.00400. The van der Waals surface area contributed by atoms with Gasteiger partial charge < -0.3 is 14.8 Å². The van der Waals surface area contributed by atoms with E-state index >= 15 is 0 Å². The summed E-state index contributed by atoms with van der Waals surface area (Å²) in [4.78, 5) is 23.8. The molecule has 2 rings (SSSR count). The summed E-state index contributed by atoms with van der Waals surface area (Å²) in [5.74, 6) is 1.32. The number of rotatable bonds is 7. The minimum absolute atomic E-state index is 0.00400. The summed E-state index contributed by atoms with van der Waals surface area (Å²) < 4.78 is 10.9. The van der Waals surface area contributed by atoms with Crippen molar-refractivity contribution in [3.63, 3.8) is 0 Å². The molecule has 120 valence electrons. The molecule has 1 aliphatic rings. The molecular formula is C17H23NO4. The lowest BCUT2D eigenvalue weighted by Crippen LogP contribution is -2.31. The molecule has 0 saturated carbocycles. The van der Waals surface area contributed by atoms with Gasteiger partial charge in [-0.25, -0.2) is 0 Å². The fourth-order valence-electron chi connectivity index (χ4n) is 2.22. The Hall–Kier alpha value is -2.04. The number of carbonyl (C=O) groups excluding carboxylic acids is 2. The molecule has 1 aromatic carbocycles. The Morgan fingerprint density at radius 1 is 1.18 bits per heavy atom. The predicted molar refractivity (Wildman–Crippen MR) is 83.5 cm³/mol. The molecule has 1 unspecified atom stereocenters. The van der Waals surface area contributed by atoms with E-state index < -0.39 is 0 Å². The van der Waals surface area contributed by atoms with Gasteiger partial charge in [0.15, 0.2) is 17.3 Å². The molecule has 1 aliphatic heterocycles. The van der Waals surface area contributed by atoms with E-state index in [9.17, 15) is 9.59 Å². The third kappa shape index (κ3) is 4.48. The van der Waals surface area contributed by atoms with Crippen LogP contribution in [0.3, 0.4) is 0 Å². The van der Waals surface area contributed by atoms with Crippen LogP contribution in [0.15, 0.2) is 18.2 Å². The number of hydrogen-bond donors (Lipinski definition) is 1. The molecule has 0 saturated heterocycles. The number of benzene rings is 1. The smallest absolute Gasteiger partial charge is 0.220 e. The maximum atomic E-state index is 12.2. The van der Waals surface area contributed by atoms with Crippen molar-refractivity contribution in [1.29, 1.82) is 0 Å². The molecule has 0 spiro atoms. The summed E-state index contributed by atoms with van der Waals surface area (Å²) in [7, 11) is 0. The number of nitrogens with one attached hydrogen (secondary N) is 1. The van der Waals surface area contributed by atoms with Crippen LogP contribution in [0.5, 0.6) is 11.5 Å². The highest BCUT2D eigenvalue weighted by Crippen LogP contribution is 2.31. The number of ketones is 1. The van der Waals surface area contributed by atoms with E-state index in [1.807, 2.05) is 13.8 Å². The third-order valence-electron chi connectivity index (χ3n) is 3.69. The number of carbonyl (C=O) groups is 2. The predicted octanol–water partition coefficient (Wildman–Crippen LogP) is 2.73. The van der Waals surface area contributed by atoms with Crippen molar-refractivity contribution in [1.82, 2.24) is 5.32 Å².